The van der Waals surface area contributed by atoms with E-state index in [1.54, 1.807) is 25.1 Å². The quantitative estimate of drug-likeness (QED) is 0.471. The summed E-state index contributed by atoms with van der Waals surface area (Å²) in [5.74, 6) is -0.383. The first kappa shape index (κ1) is 25.2. The van der Waals surface area contributed by atoms with Gasteiger partial charge in [0, 0.05) is 31.7 Å². The van der Waals surface area contributed by atoms with Gasteiger partial charge in [0.05, 0.1) is 23.9 Å². The molecule has 9 heteroatoms. The number of sulfonamides is 1. The molecule has 2 N–H and O–H groups in total. The van der Waals surface area contributed by atoms with Crippen LogP contribution in [0.4, 0.5) is 5.69 Å². The maximum absolute atomic E-state index is 13.0. The zero-order valence-corrected chi connectivity index (χ0v) is 21.0. The monoisotopic (exact) mass is 513 g/mol. The lowest BCUT2D eigenvalue weighted by Gasteiger charge is -2.26. The molecular weight excluding hydrogens is 486 g/mol. The Hall–Kier alpha value is -2.91. The maximum atomic E-state index is 13.0. The van der Waals surface area contributed by atoms with E-state index >= 15 is 0 Å². The molecule has 0 bridgehead atoms. The summed E-state index contributed by atoms with van der Waals surface area (Å²) in [5.41, 5.74) is 3.60. The number of hydrogen-bond acceptors (Lipinski definition) is 5. The fourth-order valence-corrected chi connectivity index (χ4v) is 5.46. The predicted octanol–water partition coefficient (Wildman–Crippen LogP) is 4.21. The maximum Gasteiger partial charge on any atom is 0.263 e. The Kier molecular flexibility index (Phi) is 8.07. The molecule has 1 heterocycles. The van der Waals surface area contributed by atoms with Gasteiger partial charge in [-0.1, -0.05) is 54.1 Å². The molecule has 0 aliphatic carbocycles. The standard InChI is InChI=1S/C26H28ClN3O4S/c1-19-4-2-3-5-24(19)29-35(32,33)25-16-22(10-11-23(25)27)26(31)28-17-20-6-8-21(9-7-20)18-30-12-14-34-15-13-30/h2-11,16,29H,12-15,17-18H2,1H3,(H,28,31). The average Bonchev–Trinajstić information content (AvgIpc) is 2.85. The molecule has 0 spiro atoms. The van der Waals surface area contributed by atoms with Crippen LogP contribution < -0.4 is 10.0 Å². The van der Waals surface area contributed by atoms with Gasteiger partial charge in [0.1, 0.15) is 4.90 Å². The normalized spacial score (nSPS) is 14.5. The molecule has 1 fully saturated rings. The molecular formula is C26H28ClN3O4S. The van der Waals surface area contributed by atoms with Crippen LogP contribution >= 0.6 is 11.6 Å². The highest BCUT2D eigenvalue weighted by Crippen LogP contribution is 2.26. The lowest BCUT2D eigenvalue weighted by atomic mass is 10.1. The van der Waals surface area contributed by atoms with Gasteiger partial charge in [0.2, 0.25) is 0 Å². The number of para-hydroxylation sites is 1. The molecule has 1 aliphatic rings. The van der Waals surface area contributed by atoms with Crippen LogP contribution in [0.5, 0.6) is 0 Å². The molecule has 1 aliphatic heterocycles. The number of rotatable bonds is 8. The van der Waals surface area contributed by atoms with Crippen molar-refractivity contribution in [2.24, 2.45) is 0 Å². The predicted molar refractivity (Wildman–Crippen MR) is 137 cm³/mol. The van der Waals surface area contributed by atoms with E-state index in [2.05, 4.69) is 27.1 Å². The molecule has 1 saturated heterocycles. The third-order valence-corrected chi connectivity index (χ3v) is 7.71. The van der Waals surface area contributed by atoms with Crippen LogP contribution in [0, 0.1) is 6.92 Å². The van der Waals surface area contributed by atoms with Gasteiger partial charge in [-0.05, 0) is 47.9 Å². The lowest BCUT2D eigenvalue weighted by Crippen LogP contribution is -2.35. The smallest absolute Gasteiger partial charge is 0.263 e. The Labute approximate surface area is 211 Å². The lowest BCUT2D eigenvalue weighted by molar-refractivity contribution is 0.0342. The summed E-state index contributed by atoms with van der Waals surface area (Å²) in [7, 11) is -3.98. The van der Waals surface area contributed by atoms with Gasteiger partial charge in [0.15, 0.2) is 0 Å². The Bertz CT molecular complexity index is 1290. The van der Waals surface area contributed by atoms with Gasteiger partial charge in [-0.15, -0.1) is 0 Å². The Balaban J connectivity index is 1.40. The molecule has 3 aromatic carbocycles. The summed E-state index contributed by atoms with van der Waals surface area (Å²) in [5, 5.41) is 2.89. The number of amides is 1. The number of halogens is 1. The number of carbonyl (C=O) groups is 1. The summed E-state index contributed by atoms with van der Waals surface area (Å²) in [6.07, 6.45) is 0. The third-order valence-electron chi connectivity index (χ3n) is 5.86. The summed E-state index contributed by atoms with van der Waals surface area (Å²) in [4.78, 5) is 15.0. The van der Waals surface area contributed by atoms with Crippen molar-refractivity contribution < 1.29 is 17.9 Å². The molecule has 0 radical (unpaired) electrons. The van der Waals surface area contributed by atoms with Gasteiger partial charge < -0.3 is 10.1 Å². The van der Waals surface area contributed by atoms with E-state index in [9.17, 15) is 13.2 Å². The second-order valence-corrected chi connectivity index (χ2v) is 10.5. The van der Waals surface area contributed by atoms with Crippen molar-refractivity contribution in [3.63, 3.8) is 0 Å². The summed E-state index contributed by atoms with van der Waals surface area (Å²) < 4.78 is 33.9. The van der Waals surface area contributed by atoms with Crippen molar-refractivity contribution in [3.8, 4) is 0 Å². The SMILES string of the molecule is Cc1ccccc1NS(=O)(=O)c1cc(C(=O)NCc2ccc(CN3CCOCC3)cc2)ccc1Cl. The molecule has 7 nitrogen and oxygen atoms in total. The molecule has 3 aromatic rings. The highest BCUT2D eigenvalue weighted by atomic mass is 35.5. The zero-order valence-electron chi connectivity index (χ0n) is 19.5. The zero-order chi connectivity index (χ0) is 24.8. The van der Waals surface area contributed by atoms with E-state index in [1.165, 1.54) is 23.8 Å². The van der Waals surface area contributed by atoms with Crippen LogP contribution in [0.1, 0.15) is 27.0 Å². The van der Waals surface area contributed by atoms with E-state index in [0.29, 0.717) is 12.2 Å². The van der Waals surface area contributed by atoms with E-state index < -0.39 is 10.0 Å². The van der Waals surface area contributed by atoms with Crippen molar-refractivity contribution in [3.05, 3.63) is 94.0 Å². The van der Waals surface area contributed by atoms with E-state index in [-0.39, 0.29) is 21.4 Å². The van der Waals surface area contributed by atoms with Crippen molar-refractivity contribution in [1.29, 1.82) is 0 Å². The minimum atomic E-state index is -3.98. The van der Waals surface area contributed by atoms with Gasteiger partial charge in [-0.25, -0.2) is 8.42 Å². The molecule has 35 heavy (non-hydrogen) atoms. The number of anilines is 1. The van der Waals surface area contributed by atoms with Crippen molar-refractivity contribution in [1.82, 2.24) is 10.2 Å². The molecule has 4 rings (SSSR count). The summed E-state index contributed by atoms with van der Waals surface area (Å²) >= 11 is 6.19. The fraction of sp³-hybridized carbons (Fsp3) is 0.269. The van der Waals surface area contributed by atoms with Crippen LogP contribution in [0.25, 0.3) is 0 Å². The van der Waals surface area contributed by atoms with E-state index in [1.807, 2.05) is 18.2 Å². The van der Waals surface area contributed by atoms with Crippen LogP contribution in [0.15, 0.2) is 71.6 Å². The number of nitrogens with zero attached hydrogens (tertiary/aromatic N) is 1. The van der Waals surface area contributed by atoms with Crippen molar-refractivity contribution in [2.45, 2.75) is 24.9 Å². The van der Waals surface area contributed by atoms with Gasteiger partial charge in [0.25, 0.3) is 15.9 Å². The average molecular weight is 514 g/mol. The summed E-state index contributed by atoms with van der Waals surface area (Å²) in [6.45, 7) is 6.38. The Morgan fingerprint density at radius 2 is 1.69 bits per heavy atom. The van der Waals surface area contributed by atoms with E-state index in [4.69, 9.17) is 16.3 Å². The molecule has 0 aromatic heterocycles. The fourth-order valence-electron chi connectivity index (χ4n) is 3.80. The second kappa shape index (κ2) is 11.2. The molecule has 0 unspecified atom stereocenters. The summed E-state index contributed by atoms with van der Waals surface area (Å²) in [6, 6.07) is 19.3. The van der Waals surface area contributed by atoms with E-state index in [0.717, 1.165) is 44.0 Å². The first-order valence-electron chi connectivity index (χ1n) is 11.4. The van der Waals surface area contributed by atoms with Crippen molar-refractivity contribution >= 4 is 33.2 Å². The Morgan fingerprint density at radius 1 is 1.00 bits per heavy atom. The molecule has 184 valence electrons. The topological polar surface area (TPSA) is 87.7 Å². The van der Waals surface area contributed by atoms with Crippen LogP contribution in [0.3, 0.4) is 0 Å². The second-order valence-electron chi connectivity index (χ2n) is 8.45. The number of nitrogens with one attached hydrogen (secondary N) is 2. The first-order valence-corrected chi connectivity index (χ1v) is 13.2. The Morgan fingerprint density at radius 3 is 2.40 bits per heavy atom. The number of carbonyl (C=O) groups excluding carboxylic acids is 1. The largest absolute Gasteiger partial charge is 0.379 e. The molecule has 0 saturated carbocycles. The highest BCUT2D eigenvalue weighted by molar-refractivity contribution is 7.92. The van der Waals surface area contributed by atoms with Crippen LogP contribution in [-0.4, -0.2) is 45.5 Å². The van der Waals surface area contributed by atoms with Gasteiger partial charge >= 0.3 is 0 Å². The minimum absolute atomic E-state index is 0.0403. The highest BCUT2D eigenvalue weighted by Gasteiger charge is 2.21. The van der Waals surface area contributed by atoms with Gasteiger partial charge in [-0.2, -0.15) is 0 Å². The number of aryl methyl sites for hydroxylation is 1. The van der Waals surface area contributed by atoms with Gasteiger partial charge in [-0.3, -0.25) is 14.4 Å². The van der Waals surface area contributed by atoms with Crippen LogP contribution in [0.2, 0.25) is 5.02 Å². The first-order chi connectivity index (χ1) is 16.8. The number of benzene rings is 3. The number of ether oxygens (including phenoxy) is 1. The molecule has 0 atom stereocenters. The number of morpholine rings is 1. The third kappa shape index (κ3) is 6.61. The number of hydrogen-bond donors (Lipinski definition) is 2. The minimum Gasteiger partial charge on any atom is -0.379 e. The van der Waals surface area contributed by atoms with Crippen LogP contribution in [-0.2, 0) is 27.8 Å². The van der Waals surface area contributed by atoms with Crippen molar-refractivity contribution in [2.75, 3.05) is 31.0 Å². The molecule has 1 amide bonds.